The highest BCUT2D eigenvalue weighted by molar-refractivity contribution is 5.92. The Hall–Kier alpha value is -3.15. The maximum Gasteiger partial charge on any atom is 0.250 e. The number of primary amides is 1. The highest BCUT2D eigenvalue weighted by Gasteiger charge is 2.37. The van der Waals surface area contributed by atoms with Crippen molar-refractivity contribution in [2.75, 3.05) is 6.54 Å². The van der Waals surface area contributed by atoms with Gasteiger partial charge in [0, 0.05) is 13.0 Å². The number of amides is 3. The largest absolute Gasteiger partial charge is 0.368 e. The van der Waals surface area contributed by atoms with E-state index in [1.165, 1.54) is 10.5 Å². The van der Waals surface area contributed by atoms with Gasteiger partial charge in [-0.15, -0.1) is 0 Å². The van der Waals surface area contributed by atoms with E-state index in [1.807, 2.05) is 60.7 Å². The van der Waals surface area contributed by atoms with Gasteiger partial charge in [0.25, 0.3) is 0 Å². The van der Waals surface area contributed by atoms with Gasteiger partial charge in [-0.1, -0.05) is 60.7 Å². The fourth-order valence-corrected chi connectivity index (χ4v) is 3.76. The van der Waals surface area contributed by atoms with Crippen LogP contribution in [-0.2, 0) is 20.8 Å². The molecule has 2 atom stereocenters. The number of nitrogens with two attached hydrogens (primary N) is 1. The van der Waals surface area contributed by atoms with Crippen LogP contribution in [0.1, 0.15) is 42.9 Å². The number of hydrogen-bond donors (Lipinski definition) is 2. The summed E-state index contributed by atoms with van der Waals surface area (Å²) in [6.07, 6.45) is 3.11. The topological polar surface area (TPSA) is 92.5 Å². The third-order valence-electron chi connectivity index (χ3n) is 5.26. The summed E-state index contributed by atoms with van der Waals surface area (Å²) in [6, 6.07) is 17.7. The first kappa shape index (κ1) is 20.6. The second-order valence-electron chi connectivity index (χ2n) is 7.34. The molecule has 1 fully saturated rings. The standard InChI is InChI=1S/C23H27N3O3/c24-22(28)19-14-8-16-26(19)23(29)21(18-12-5-2-6-13-18)25-20(27)15-7-11-17-9-3-1-4-10-17/h1-6,9-10,12-13,19,21H,7-8,11,14-16H2,(H2,24,28)(H,25,27)/t19-,21?/m0/s1. The van der Waals surface area contributed by atoms with Crippen molar-refractivity contribution >= 4 is 17.7 Å². The Kier molecular flexibility index (Phi) is 7.00. The number of carbonyl (C=O) groups is 3. The van der Waals surface area contributed by atoms with Crippen LogP contribution in [-0.4, -0.2) is 35.2 Å². The Balaban J connectivity index is 1.66. The minimum atomic E-state index is -0.819. The van der Waals surface area contributed by atoms with E-state index in [1.54, 1.807) is 0 Å². The van der Waals surface area contributed by atoms with Crippen LogP contribution in [0.25, 0.3) is 0 Å². The third kappa shape index (κ3) is 5.44. The minimum absolute atomic E-state index is 0.182. The van der Waals surface area contributed by atoms with Crippen LogP contribution < -0.4 is 11.1 Å². The quantitative estimate of drug-likeness (QED) is 0.721. The highest BCUT2D eigenvalue weighted by Crippen LogP contribution is 2.23. The Morgan fingerprint density at radius 2 is 1.69 bits per heavy atom. The van der Waals surface area contributed by atoms with E-state index >= 15 is 0 Å². The molecule has 0 spiro atoms. The average Bonchev–Trinajstić information content (AvgIpc) is 3.23. The molecule has 0 aromatic heterocycles. The molecule has 6 heteroatoms. The summed E-state index contributed by atoms with van der Waals surface area (Å²) in [6.45, 7) is 0.472. The summed E-state index contributed by atoms with van der Waals surface area (Å²) in [4.78, 5) is 39.0. The van der Waals surface area contributed by atoms with Crippen molar-refractivity contribution in [3.63, 3.8) is 0 Å². The normalized spacial score (nSPS) is 17.0. The molecule has 0 bridgehead atoms. The van der Waals surface area contributed by atoms with Gasteiger partial charge < -0.3 is 16.0 Å². The predicted molar refractivity (Wildman–Crippen MR) is 111 cm³/mol. The molecule has 1 aliphatic heterocycles. The summed E-state index contributed by atoms with van der Waals surface area (Å²) in [7, 11) is 0. The van der Waals surface area contributed by atoms with Crippen LogP contribution in [0.4, 0.5) is 0 Å². The van der Waals surface area contributed by atoms with E-state index in [2.05, 4.69) is 5.32 Å². The number of benzene rings is 2. The van der Waals surface area contributed by atoms with Crippen molar-refractivity contribution in [1.29, 1.82) is 0 Å². The van der Waals surface area contributed by atoms with Gasteiger partial charge in [-0.25, -0.2) is 0 Å². The van der Waals surface area contributed by atoms with Crippen molar-refractivity contribution < 1.29 is 14.4 Å². The molecule has 3 N–H and O–H groups in total. The third-order valence-corrected chi connectivity index (χ3v) is 5.26. The summed E-state index contributed by atoms with van der Waals surface area (Å²) in [5.41, 5.74) is 7.34. The monoisotopic (exact) mass is 393 g/mol. The molecule has 6 nitrogen and oxygen atoms in total. The van der Waals surface area contributed by atoms with Crippen molar-refractivity contribution in [1.82, 2.24) is 10.2 Å². The van der Waals surface area contributed by atoms with Crippen LogP contribution in [0, 0.1) is 0 Å². The van der Waals surface area contributed by atoms with E-state index in [0.29, 0.717) is 31.4 Å². The van der Waals surface area contributed by atoms with Gasteiger partial charge in [0.1, 0.15) is 12.1 Å². The van der Waals surface area contributed by atoms with Gasteiger partial charge in [-0.3, -0.25) is 14.4 Å². The molecule has 2 aromatic carbocycles. The number of nitrogens with one attached hydrogen (secondary N) is 1. The number of hydrogen-bond acceptors (Lipinski definition) is 3. The zero-order chi connectivity index (χ0) is 20.6. The molecular formula is C23H27N3O3. The molecule has 1 aliphatic rings. The minimum Gasteiger partial charge on any atom is -0.368 e. The highest BCUT2D eigenvalue weighted by atomic mass is 16.2. The van der Waals surface area contributed by atoms with Crippen molar-refractivity contribution in [2.24, 2.45) is 5.73 Å². The molecule has 2 aromatic rings. The fourth-order valence-electron chi connectivity index (χ4n) is 3.76. The van der Waals surface area contributed by atoms with Crippen LogP contribution in [0.3, 0.4) is 0 Å². The second kappa shape index (κ2) is 9.87. The number of carbonyl (C=O) groups excluding carboxylic acids is 3. The number of aryl methyl sites for hydroxylation is 1. The van der Waals surface area contributed by atoms with Crippen LogP contribution >= 0.6 is 0 Å². The van der Waals surface area contributed by atoms with Crippen LogP contribution in [0.2, 0.25) is 0 Å². The van der Waals surface area contributed by atoms with E-state index in [9.17, 15) is 14.4 Å². The number of rotatable bonds is 8. The molecule has 0 aliphatic carbocycles. The molecule has 3 amide bonds. The molecule has 1 heterocycles. The van der Waals surface area contributed by atoms with Gasteiger partial charge >= 0.3 is 0 Å². The molecule has 152 valence electrons. The lowest BCUT2D eigenvalue weighted by Crippen LogP contribution is -2.49. The van der Waals surface area contributed by atoms with Gasteiger partial charge in [0.05, 0.1) is 0 Å². The maximum absolute atomic E-state index is 13.2. The molecule has 3 rings (SSSR count). The average molecular weight is 393 g/mol. The van der Waals surface area contributed by atoms with Gasteiger partial charge in [0.15, 0.2) is 0 Å². The summed E-state index contributed by atoms with van der Waals surface area (Å²) < 4.78 is 0. The lowest BCUT2D eigenvalue weighted by molar-refractivity contribution is -0.140. The predicted octanol–water partition coefficient (Wildman–Crippen LogP) is 2.34. The zero-order valence-electron chi connectivity index (χ0n) is 16.4. The first-order valence-electron chi connectivity index (χ1n) is 10.0. The summed E-state index contributed by atoms with van der Waals surface area (Å²) in [5.74, 6) is -0.969. The van der Waals surface area contributed by atoms with E-state index in [-0.39, 0.29) is 11.8 Å². The molecule has 1 unspecified atom stereocenters. The molecule has 0 radical (unpaired) electrons. The Labute approximate surface area is 171 Å². The van der Waals surface area contributed by atoms with Gasteiger partial charge in [0.2, 0.25) is 17.7 Å². The maximum atomic E-state index is 13.2. The van der Waals surface area contributed by atoms with Crippen LogP contribution in [0.15, 0.2) is 60.7 Å². The van der Waals surface area contributed by atoms with Crippen LogP contribution in [0.5, 0.6) is 0 Å². The van der Waals surface area contributed by atoms with Gasteiger partial charge in [-0.05, 0) is 36.8 Å². The van der Waals surface area contributed by atoms with Crippen molar-refractivity contribution in [3.05, 3.63) is 71.8 Å². The fraction of sp³-hybridized carbons (Fsp3) is 0.348. The molecule has 29 heavy (non-hydrogen) atoms. The smallest absolute Gasteiger partial charge is 0.250 e. The van der Waals surface area contributed by atoms with E-state index in [4.69, 9.17) is 5.73 Å². The summed E-state index contributed by atoms with van der Waals surface area (Å²) in [5, 5.41) is 2.87. The van der Waals surface area contributed by atoms with E-state index < -0.39 is 18.0 Å². The Bertz CT molecular complexity index is 839. The SMILES string of the molecule is NC(=O)[C@@H]1CCCN1C(=O)C(NC(=O)CCCc1ccccc1)c1ccccc1. The van der Waals surface area contributed by atoms with E-state index in [0.717, 1.165) is 12.8 Å². The van der Waals surface area contributed by atoms with Crippen molar-refractivity contribution in [2.45, 2.75) is 44.2 Å². The second-order valence-corrected chi connectivity index (χ2v) is 7.34. The lowest BCUT2D eigenvalue weighted by atomic mass is 10.0. The van der Waals surface area contributed by atoms with Crippen molar-refractivity contribution in [3.8, 4) is 0 Å². The number of nitrogens with zero attached hydrogens (tertiary/aromatic N) is 1. The zero-order valence-corrected chi connectivity index (χ0v) is 16.4. The Morgan fingerprint density at radius 3 is 2.34 bits per heavy atom. The Morgan fingerprint density at radius 1 is 1.03 bits per heavy atom. The molecule has 0 saturated carbocycles. The summed E-state index contributed by atoms with van der Waals surface area (Å²) >= 11 is 0. The first-order valence-corrected chi connectivity index (χ1v) is 10.0. The molecular weight excluding hydrogens is 366 g/mol. The lowest BCUT2D eigenvalue weighted by Gasteiger charge is -2.28. The molecule has 1 saturated heterocycles. The van der Waals surface area contributed by atoms with Gasteiger partial charge in [-0.2, -0.15) is 0 Å². The first-order chi connectivity index (χ1) is 14.1. The number of likely N-dealkylation sites (tertiary alicyclic amines) is 1.